The van der Waals surface area contributed by atoms with E-state index in [0.29, 0.717) is 0 Å². The van der Waals surface area contributed by atoms with Gasteiger partial charge in [0.2, 0.25) is 0 Å². The van der Waals surface area contributed by atoms with E-state index < -0.39 is 23.6 Å². The molecule has 1 unspecified atom stereocenters. The third-order valence-electron chi connectivity index (χ3n) is 3.17. The second kappa shape index (κ2) is 5.63. The van der Waals surface area contributed by atoms with Crippen LogP contribution in [0.5, 0.6) is 0 Å². The van der Waals surface area contributed by atoms with E-state index in [9.17, 15) is 9.59 Å². The lowest BCUT2D eigenvalue weighted by Crippen LogP contribution is -2.46. The molecule has 1 fully saturated rings. The van der Waals surface area contributed by atoms with Crippen LogP contribution in [0.3, 0.4) is 0 Å². The third kappa shape index (κ3) is 3.17. The molecule has 1 aromatic rings. The summed E-state index contributed by atoms with van der Waals surface area (Å²) in [5, 5.41) is 0. The molecule has 0 amide bonds. The summed E-state index contributed by atoms with van der Waals surface area (Å²) >= 11 is 0. The Kier molecular flexibility index (Phi) is 4.09. The SMILES string of the molecule is COC(CC1C(=O)OC(C)(C)OC1=O)c1ccccc1. The van der Waals surface area contributed by atoms with Crippen LogP contribution in [0.1, 0.15) is 31.9 Å². The Bertz CT molecular complexity index is 474. The molecule has 5 heteroatoms. The van der Waals surface area contributed by atoms with E-state index in [0.717, 1.165) is 5.56 Å². The average Bonchev–Trinajstić information content (AvgIpc) is 2.38. The van der Waals surface area contributed by atoms with Gasteiger partial charge in [-0.1, -0.05) is 30.3 Å². The second-order valence-electron chi connectivity index (χ2n) is 5.17. The Morgan fingerprint density at radius 1 is 1.15 bits per heavy atom. The van der Waals surface area contributed by atoms with Crippen LogP contribution in [0.25, 0.3) is 0 Å². The first-order valence-corrected chi connectivity index (χ1v) is 6.46. The minimum absolute atomic E-state index is 0.203. The van der Waals surface area contributed by atoms with E-state index in [1.165, 1.54) is 13.8 Å². The summed E-state index contributed by atoms with van der Waals surface area (Å²) in [6.07, 6.45) is -0.156. The van der Waals surface area contributed by atoms with Crippen LogP contribution in [0, 0.1) is 5.92 Å². The quantitative estimate of drug-likeness (QED) is 0.624. The number of ether oxygens (including phenoxy) is 3. The zero-order valence-corrected chi connectivity index (χ0v) is 11.8. The molecular weight excluding hydrogens is 260 g/mol. The van der Waals surface area contributed by atoms with Gasteiger partial charge in [0.05, 0.1) is 6.10 Å². The first kappa shape index (κ1) is 14.5. The van der Waals surface area contributed by atoms with Crippen LogP contribution >= 0.6 is 0 Å². The fourth-order valence-electron chi connectivity index (χ4n) is 2.19. The molecule has 1 heterocycles. The normalized spacial score (nSPS) is 20.1. The third-order valence-corrected chi connectivity index (χ3v) is 3.17. The highest BCUT2D eigenvalue weighted by molar-refractivity contribution is 5.96. The summed E-state index contributed by atoms with van der Waals surface area (Å²) in [6.45, 7) is 3.06. The van der Waals surface area contributed by atoms with Gasteiger partial charge >= 0.3 is 11.9 Å². The number of hydrogen-bond acceptors (Lipinski definition) is 5. The van der Waals surface area contributed by atoms with Gasteiger partial charge in [-0.05, 0) is 5.56 Å². The van der Waals surface area contributed by atoms with Crippen molar-refractivity contribution < 1.29 is 23.8 Å². The molecule has 1 saturated heterocycles. The van der Waals surface area contributed by atoms with Gasteiger partial charge in [0, 0.05) is 27.4 Å². The second-order valence-corrected chi connectivity index (χ2v) is 5.17. The number of carbonyl (C=O) groups is 2. The molecule has 0 spiro atoms. The Morgan fingerprint density at radius 2 is 1.70 bits per heavy atom. The number of cyclic esters (lactones) is 2. The van der Waals surface area contributed by atoms with Crippen molar-refractivity contribution in [2.75, 3.05) is 7.11 Å². The highest BCUT2D eigenvalue weighted by atomic mass is 16.7. The van der Waals surface area contributed by atoms with Crippen molar-refractivity contribution in [3.63, 3.8) is 0 Å². The lowest BCUT2D eigenvalue weighted by Gasteiger charge is -2.33. The van der Waals surface area contributed by atoms with E-state index >= 15 is 0 Å². The maximum atomic E-state index is 11.9. The summed E-state index contributed by atoms with van der Waals surface area (Å²) in [6, 6.07) is 9.42. The minimum Gasteiger partial charge on any atom is -0.422 e. The molecule has 0 N–H and O–H groups in total. The van der Waals surface area contributed by atoms with E-state index in [4.69, 9.17) is 14.2 Å². The number of carbonyl (C=O) groups excluding carboxylic acids is 2. The van der Waals surface area contributed by atoms with E-state index in [-0.39, 0.29) is 12.5 Å². The number of hydrogen-bond donors (Lipinski definition) is 0. The molecule has 2 rings (SSSR count). The topological polar surface area (TPSA) is 61.8 Å². The van der Waals surface area contributed by atoms with Gasteiger partial charge in [-0.15, -0.1) is 0 Å². The Hall–Kier alpha value is -1.88. The van der Waals surface area contributed by atoms with Gasteiger partial charge in [-0.2, -0.15) is 0 Å². The van der Waals surface area contributed by atoms with Crippen LogP contribution in [-0.2, 0) is 23.8 Å². The average molecular weight is 278 g/mol. The Labute approximate surface area is 117 Å². The van der Waals surface area contributed by atoms with Gasteiger partial charge in [-0.3, -0.25) is 9.59 Å². The fourth-order valence-corrected chi connectivity index (χ4v) is 2.19. The van der Waals surface area contributed by atoms with Crippen LogP contribution in [-0.4, -0.2) is 24.8 Å². The van der Waals surface area contributed by atoms with Crippen molar-refractivity contribution >= 4 is 11.9 Å². The summed E-state index contributed by atoms with van der Waals surface area (Å²) in [4.78, 5) is 23.8. The predicted octanol–water partition coefficient (Wildman–Crippen LogP) is 2.22. The molecule has 1 aliphatic heterocycles. The summed E-state index contributed by atoms with van der Waals surface area (Å²) < 4.78 is 15.6. The number of benzene rings is 1. The van der Waals surface area contributed by atoms with Crippen LogP contribution in [0.2, 0.25) is 0 Å². The highest BCUT2D eigenvalue weighted by Crippen LogP contribution is 2.31. The summed E-state index contributed by atoms with van der Waals surface area (Å²) in [5.41, 5.74) is 0.903. The van der Waals surface area contributed by atoms with Gasteiger partial charge in [0.15, 0.2) is 5.92 Å². The fraction of sp³-hybridized carbons (Fsp3) is 0.467. The molecule has 20 heavy (non-hydrogen) atoms. The molecule has 0 bridgehead atoms. The first-order chi connectivity index (χ1) is 9.43. The molecule has 0 saturated carbocycles. The molecule has 0 radical (unpaired) electrons. The monoisotopic (exact) mass is 278 g/mol. The van der Waals surface area contributed by atoms with Crippen molar-refractivity contribution in [3.05, 3.63) is 35.9 Å². The van der Waals surface area contributed by atoms with Crippen LogP contribution in [0.15, 0.2) is 30.3 Å². The van der Waals surface area contributed by atoms with Crippen molar-refractivity contribution in [1.29, 1.82) is 0 Å². The van der Waals surface area contributed by atoms with E-state index in [2.05, 4.69) is 0 Å². The van der Waals surface area contributed by atoms with Crippen molar-refractivity contribution in [2.24, 2.45) is 5.92 Å². The predicted molar refractivity (Wildman–Crippen MR) is 70.6 cm³/mol. The molecule has 1 atom stereocenters. The van der Waals surface area contributed by atoms with Gasteiger partial charge in [0.1, 0.15) is 0 Å². The van der Waals surface area contributed by atoms with Gasteiger partial charge in [0.25, 0.3) is 5.79 Å². The zero-order chi connectivity index (χ0) is 14.8. The molecule has 0 aromatic heterocycles. The molecule has 108 valence electrons. The van der Waals surface area contributed by atoms with E-state index in [1.807, 2.05) is 30.3 Å². The lowest BCUT2D eigenvalue weighted by molar-refractivity contribution is -0.241. The zero-order valence-electron chi connectivity index (χ0n) is 11.8. The largest absolute Gasteiger partial charge is 0.422 e. The van der Waals surface area contributed by atoms with Gasteiger partial charge < -0.3 is 14.2 Å². The Morgan fingerprint density at radius 3 is 2.20 bits per heavy atom. The van der Waals surface area contributed by atoms with Crippen molar-refractivity contribution in [2.45, 2.75) is 32.2 Å². The van der Waals surface area contributed by atoms with Crippen LogP contribution < -0.4 is 0 Å². The lowest BCUT2D eigenvalue weighted by atomic mass is 9.96. The van der Waals surface area contributed by atoms with Crippen molar-refractivity contribution in [1.82, 2.24) is 0 Å². The minimum atomic E-state index is -1.19. The molecule has 1 aliphatic rings. The van der Waals surface area contributed by atoms with Crippen molar-refractivity contribution in [3.8, 4) is 0 Å². The first-order valence-electron chi connectivity index (χ1n) is 6.46. The molecule has 5 nitrogen and oxygen atoms in total. The standard InChI is InChI=1S/C15H18O5/c1-15(2)19-13(16)11(14(17)20-15)9-12(18-3)10-7-5-4-6-8-10/h4-8,11-12H,9H2,1-3H3. The highest BCUT2D eigenvalue weighted by Gasteiger charge is 2.44. The maximum absolute atomic E-state index is 11.9. The number of methoxy groups -OCH3 is 1. The van der Waals surface area contributed by atoms with Gasteiger partial charge in [-0.25, -0.2) is 0 Å². The number of rotatable bonds is 4. The molecule has 0 aliphatic carbocycles. The molecular formula is C15H18O5. The molecule has 1 aromatic carbocycles. The summed E-state index contributed by atoms with van der Waals surface area (Å²) in [5.74, 6) is -3.28. The number of esters is 2. The van der Waals surface area contributed by atoms with Crippen LogP contribution in [0.4, 0.5) is 0 Å². The van der Waals surface area contributed by atoms with E-state index in [1.54, 1.807) is 7.11 Å². The summed E-state index contributed by atoms with van der Waals surface area (Å²) in [7, 11) is 1.54. The maximum Gasteiger partial charge on any atom is 0.323 e. The Balaban J connectivity index is 2.12. The smallest absolute Gasteiger partial charge is 0.323 e.